The molecule has 0 saturated carbocycles. The van der Waals surface area contributed by atoms with Gasteiger partial charge in [0.15, 0.2) is 0 Å². The molecule has 0 amide bonds. The first kappa shape index (κ1) is 40.0. The fourth-order valence-corrected chi connectivity index (χ4v) is 5.99. The number of quaternary nitrogens is 1. The van der Waals surface area contributed by atoms with Crippen LogP contribution in [0.3, 0.4) is 0 Å². The standard InChI is InChI=1S/C33H61INO6P/c1-6-7-8-9-10-11-13-16-19-30(31-21-23-32(34)24-22-31)20-17-14-12-15-18-26-39-28-33(38-5)29-41-42(36,37)40-27-25-35(2,3)4/h21-24,30,33H,6-20,25-29H2,1-5H3. The number of halogens is 1. The Kier molecular flexibility index (Phi) is 23.0. The molecule has 3 unspecified atom stereocenters. The molecule has 1 aromatic carbocycles. The highest BCUT2D eigenvalue weighted by atomic mass is 127. The minimum absolute atomic E-state index is 0.0873. The number of ether oxygens (including phenoxy) is 2. The maximum Gasteiger partial charge on any atom is 0.268 e. The number of phosphoric ester groups is 1. The molecule has 0 aromatic heterocycles. The number of nitrogens with zero attached hydrogens (tertiary/aromatic N) is 1. The monoisotopic (exact) mass is 725 g/mol. The van der Waals surface area contributed by atoms with Gasteiger partial charge in [0.05, 0.1) is 34.4 Å². The van der Waals surface area contributed by atoms with Crippen molar-refractivity contribution >= 4 is 30.4 Å². The van der Waals surface area contributed by atoms with E-state index in [4.69, 9.17) is 18.5 Å². The Balaban J connectivity index is 2.20. The lowest BCUT2D eigenvalue weighted by atomic mass is 9.88. The summed E-state index contributed by atoms with van der Waals surface area (Å²) in [5.41, 5.74) is 1.51. The lowest BCUT2D eigenvalue weighted by Gasteiger charge is -2.28. The molecule has 0 radical (unpaired) electrons. The number of benzene rings is 1. The molecule has 1 rings (SSSR count). The SMILES string of the molecule is CCCCCCCCCCC(CCCCCCCOCC(COP(=O)([O-])OCC[N+](C)(C)C)OC)c1ccc(I)cc1. The first-order valence-corrected chi connectivity index (χ1v) is 18.9. The Labute approximate surface area is 271 Å². The number of unbranched alkanes of at least 4 members (excludes halogenated alkanes) is 11. The quantitative estimate of drug-likeness (QED) is 0.0374. The third kappa shape index (κ3) is 22.4. The van der Waals surface area contributed by atoms with Crippen LogP contribution in [0.25, 0.3) is 0 Å². The molecule has 0 fully saturated rings. The van der Waals surface area contributed by atoms with E-state index in [2.05, 4.69) is 53.8 Å². The maximum atomic E-state index is 12.0. The smallest absolute Gasteiger partial charge is 0.268 e. The Hall–Kier alpha value is -0.0600. The Morgan fingerprint density at radius 2 is 1.33 bits per heavy atom. The number of rotatable bonds is 28. The van der Waals surface area contributed by atoms with Crippen LogP contribution in [0.15, 0.2) is 24.3 Å². The summed E-state index contributed by atoms with van der Waals surface area (Å²) in [6.45, 7) is 3.76. The van der Waals surface area contributed by atoms with E-state index in [1.165, 1.54) is 99.7 Å². The van der Waals surface area contributed by atoms with E-state index in [9.17, 15) is 9.46 Å². The van der Waals surface area contributed by atoms with Gasteiger partial charge in [-0.2, -0.15) is 0 Å². The summed E-state index contributed by atoms with van der Waals surface area (Å²) >= 11 is 2.39. The molecule has 0 aliphatic carbocycles. The summed E-state index contributed by atoms with van der Waals surface area (Å²) in [5, 5.41) is 0. The molecular weight excluding hydrogens is 664 g/mol. The first-order chi connectivity index (χ1) is 20.1. The Morgan fingerprint density at radius 1 is 0.786 bits per heavy atom. The van der Waals surface area contributed by atoms with Gasteiger partial charge in [0, 0.05) is 17.3 Å². The zero-order valence-corrected chi connectivity index (χ0v) is 30.4. The summed E-state index contributed by atoms with van der Waals surface area (Å²) in [5.74, 6) is 0.672. The lowest BCUT2D eigenvalue weighted by molar-refractivity contribution is -0.870. The molecular formula is C33H61INO6P. The van der Waals surface area contributed by atoms with E-state index in [0.29, 0.717) is 30.2 Å². The molecule has 0 heterocycles. The Morgan fingerprint density at radius 3 is 1.88 bits per heavy atom. The summed E-state index contributed by atoms with van der Waals surface area (Å²) in [6, 6.07) is 9.17. The summed E-state index contributed by atoms with van der Waals surface area (Å²) in [6.07, 6.45) is 19.0. The zero-order valence-electron chi connectivity index (χ0n) is 27.3. The topological polar surface area (TPSA) is 77.1 Å². The van der Waals surface area contributed by atoms with Crippen molar-refractivity contribution < 1.29 is 32.5 Å². The van der Waals surface area contributed by atoms with Crippen LogP contribution in [0, 0.1) is 3.57 Å². The van der Waals surface area contributed by atoms with Crippen LogP contribution in [0.1, 0.15) is 115 Å². The van der Waals surface area contributed by atoms with Crippen LogP contribution in [-0.4, -0.2) is 71.8 Å². The third-order valence-corrected chi connectivity index (χ3v) is 9.34. The molecule has 1 aromatic rings. The van der Waals surface area contributed by atoms with Gasteiger partial charge in [-0.3, -0.25) is 4.57 Å². The fourth-order valence-electron chi connectivity index (χ4n) is 4.90. The predicted octanol–water partition coefficient (Wildman–Crippen LogP) is 8.49. The van der Waals surface area contributed by atoms with Crippen molar-refractivity contribution in [1.82, 2.24) is 0 Å². The summed E-state index contributed by atoms with van der Waals surface area (Å²) < 4.78 is 34.9. The average Bonchev–Trinajstić information content (AvgIpc) is 2.93. The predicted molar refractivity (Wildman–Crippen MR) is 181 cm³/mol. The molecule has 3 atom stereocenters. The highest BCUT2D eigenvalue weighted by Crippen LogP contribution is 2.38. The van der Waals surface area contributed by atoms with Crippen LogP contribution < -0.4 is 4.89 Å². The second kappa shape index (κ2) is 24.2. The fraction of sp³-hybridized carbons (Fsp3) is 0.818. The molecule has 0 aliphatic rings. The van der Waals surface area contributed by atoms with E-state index >= 15 is 0 Å². The Bertz CT molecular complexity index is 820. The second-order valence-electron chi connectivity index (χ2n) is 12.6. The van der Waals surface area contributed by atoms with Gasteiger partial charge in [-0.25, -0.2) is 0 Å². The molecule has 42 heavy (non-hydrogen) atoms. The lowest BCUT2D eigenvalue weighted by Crippen LogP contribution is -2.37. The third-order valence-electron chi connectivity index (χ3n) is 7.66. The van der Waals surface area contributed by atoms with Crippen molar-refractivity contribution in [2.45, 2.75) is 115 Å². The van der Waals surface area contributed by atoms with Crippen LogP contribution in [0.2, 0.25) is 0 Å². The van der Waals surface area contributed by atoms with E-state index in [1.807, 2.05) is 21.1 Å². The van der Waals surface area contributed by atoms with E-state index < -0.39 is 13.9 Å². The highest BCUT2D eigenvalue weighted by molar-refractivity contribution is 14.1. The van der Waals surface area contributed by atoms with Gasteiger partial charge in [0.2, 0.25) is 0 Å². The number of methoxy groups -OCH3 is 1. The molecule has 0 N–H and O–H groups in total. The van der Waals surface area contributed by atoms with Crippen molar-refractivity contribution in [3.05, 3.63) is 33.4 Å². The van der Waals surface area contributed by atoms with Gasteiger partial charge < -0.3 is 27.9 Å². The van der Waals surface area contributed by atoms with Gasteiger partial charge in [-0.15, -0.1) is 0 Å². The van der Waals surface area contributed by atoms with Gasteiger partial charge in [-0.05, 0) is 65.5 Å². The summed E-state index contributed by atoms with van der Waals surface area (Å²) in [7, 11) is 3.10. The zero-order chi connectivity index (χ0) is 31.1. The van der Waals surface area contributed by atoms with Crippen LogP contribution in [-0.2, 0) is 23.1 Å². The number of hydrogen-bond donors (Lipinski definition) is 0. The van der Waals surface area contributed by atoms with Crippen molar-refractivity contribution in [1.29, 1.82) is 0 Å². The van der Waals surface area contributed by atoms with E-state index in [-0.39, 0.29) is 13.2 Å². The van der Waals surface area contributed by atoms with Gasteiger partial charge in [0.1, 0.15) is 19.3 Å². The molecule has 0 spiro atoms. The van der Waals surface area contributed by atoms with Crippen LogP contribution >= 0.6 is 30.4 Å². The minimum Gasteiger partial charge on any atom is -0.756 e. The number of likely N-dealkylation sites (N-methyl/N-ethyl adjacent to an activating group) is 1. The van der Waals surface area contributed by atoms with Crippen molar-refractivity contribution in [3.8, 4) is 0 Å². The first-order valence-electron chi connectivity index (χ1n) is 16.3. The largest absolute Gasteiger partial charge is 0.756 e. The molecule has 0 bridgehead atoms. The number of phosphoric acid groups is 1. The van der Waals surface area contributed by atoms with Gasteiger partial charge in [0.25, 0.3) is 7.82 Å². The highest BCUT2D eigenvalue weighted by Gasteiger charge is 2.17. The molecule has 7 nitrogen and oxygen atoms in total. The normalized spacial score (nSPS) is 15.0. The average molecular weight is 726 g/mol. The van der Waals surface area contributed by atoms with Crippen molar-refractivity contribution in [2.75, 3.05) is 61.2 Å². The molecule has 246 valence electrons. The van der Waals surface area contributed by atoms with E-state index in [1.54, 1.807) is 0 Å². The van der Waals surface area contributed by atoms with Crippen LogP contribution in [0.4, 0.5) is 0 Å². The van der Waals surface area contributed by atoms with Crippen molar-refractivity contribution in [2.24, 2.45) is 0 Å². The number of hydrogen-bond acceptors (Lipinski definition) is 6. The molecule has 0 saturated heterocycles. The van der Waals surface area contributed by atoms with Gasteiger partial charge >= 0.3 is 0 Å². The van der Waals surface area contributed by atoms with E-state index in [0.717, 1.165) is 12.8 Å². The minimum atomic E-state index is -4.35. The molecule has 0 aliphatic heterocycles. The van der Waals surface area contributed by atoms with Crippen LogP contribution in [0.5, 0.6) is 0 Å². The summed E-state index contributed by atoms with van der Waals surface area (Å²) in [4.78, 5) is 12.0. The van der Waals surface area contributed by atoms with Gasteiger partial charge in [-0.1, -0.05) is 96.1 Å². The second-order valence-corrected chi connectivity index (χ2v) is 15.2. The molecule has 9 heteroatoms. The maximum absolute atomic E-state index is 12.0. The van der Waals surface area contributed by atoms with Crippen molar-refractivity contribution in [3.63, 3.8) is 0 Å².